The average Bonchev–Trinajstić information content (AvgIpc) is 3.02. The lowest BCUT2D eigenvalue weighted by atomic mass is 9.86. The second-order valence-electron chi connectivity index (χ2n) is 7.49. The number of rotatable bonds is 9. The highest BCUT2D eigenvalue weighted by Gasteiger charge is 2.27. The van der Waals surface area contributed by atoms with Gasteiger partial charge in [0.2, 0.25) is 10.0 Å². The molecule has 2 fully saturated rings. The molecule has 2 aliphatic rings. The zero-order chi connectivity index (χ0) is 17.7. The number of nitrogens with one attached hydrogen (secondary N) is 2. The largest absolute Gasteiger partial charge is 0.312 e. The Morgan fingerprint density at radius 3 is 2.64 bits per heavy atom. The van der Waals surface area contributed by atoms with Gasteiger partial charge in [0.15, 0.2) is 0 Å². The minimum Gasteiger partial charge on any atom is -0.312 e. The Morgan fingerprint density at radius 1 is 1.20 bits per heavy atom. The molecule has 1 heterocycles. The van der Waals surface area contributed by atoms with Crippen molar-refractivity contribution in [2.24, 2.45) is 5.92 Å². The normalized spacial score (nSPS) is 23.5. The van der Waals surface area contributed by atoms with Crippen LogP contribution in [0, 0.1) is 5.92 Å². The van der Waals surface area contributed by atoms with E-state index in [4.69, 9.17) is 0 Å². The molecule has 1 aromatic carbocycles. The van der Waals surface area contributed by atoms with E-state index in [2.05, 4.69) is 46.1 Å². The quantitative estimate of drug-likeness (QED) is 0.704. The first-order valence-corrected chi connectivity index (χ1v) is 11.2. The van der Waals surface area contributed by atoms with E-state index in [1.807, 2.05) is 6.07 Å². The summed E-state index contributed by atoms with van der Waals surface area (Å²) in [5.74, 6) is 0.732. The Hall–Kier alpha value is -0.950. The van der Waals surface area contributed by atoms with E-state index in [1.54, 1.807) is 0 Å². The predicted molar refractivity (Wildman–Crippen MR) is 102 cm³/mol. The predicted octanol–water partition coefficient (Wildman–Crippen LogP) is 2.13. The monoisotopic (exact) mass is 365 g/mol. The molecule has 25 heavy (non-hydrogen) atoms. The average molecular weight is 366 g/mol. The summed E-state index contributed by atoms with van der Waals surface area (Å²) in [4.78, 5) is 2.47. The van der Waals surface area contributed by atoms with Crippen molar-refractivity contribution in [2.45, 2.75) is 44.7 Å². The van der Waals surface area contributed by atoms with E-state index in [-0.39, 0.29) is 5.75 Å². The summed E-state index contributed by atoms with van der Waals surface area (Å²) in [6.45, 7) is 5.42. The number of hydrogen-bond acceptors (Lipinski definition) is 4. The SMILES string of the molecule is CC(c1ccccc1)N1CCC(NCCS(=O)(=O)NCC2CCC2)C1. The molecule has 5 nitrogen and oxygen atoms in total. The molecule has 6 heteroatoms. The Bertz CT molecular complexity index is 631. The second kappa shape index (κ2) is 8.62. The third-order valence-electron chi connectivity index (χ3n) is 5.67. The minimum absolute atomic E-state index is 0.171. The lowest BCUT2D eigenvalue weighted by Gasteiger charge is -2.25. The zero-order valence-corrected chi connectivity index (χ0v) is 16.0. The van der Waals surface area contributed by atoms with E-state index < -0.39 is 10.0 Å². The van der Waals surface area contributed by atoms with E-state index in [0.717, 1.165) is 32.4 Å². The van der Waals surface area contributed by atoms with Crippen LogP contribution in [0.2, 0.25) is 0 Å². The molecule has 0 radical (unpaired) electrons. The molecule has 1 saturated heterocycles. The van der Waals surface area contributed by atoms with Gasteiger partial charge in [-0.15, -0.1) is 0 Å². The maximum Gasteiger partial charge on any atom is 0.212 e. The van der Waals surface area contributed by atoms with Gasteiger partial charge in [0.05, 0.1) is 5.75 Å². The Balaban J connectivity index is 1.36. The van der Waals surface area contributed by atoms with Crippen molar-refractivity contribution in [2.75, 3.05) is 31.9 Å². The van der Waals surface area contributed by atoms with Gasteiger partial charge in [-0.25, -0.2) is 13.1 Å². The van der Waals surface area contributed by atoms with Gasteiger partial charge in [0.1, 0.15) is 0 Å². The fourth-order valence-electron chi connectivity index (χ4n) is 3.66. The van der Waals surface area contributed by atoms with Crippen LogP contribution in [0.25, 0.3) is 0 Å². The van der Waals surface area contributed by atoms with Gasteiger partial charge in [-0.1, -0.05) is 36.8 Å². The molecule has 0 spiro atoms. The lowest BCUT2D eigenvalue weighted by molar-refractivity contribution is 0.256. The third-order valence-corrected chi connectivity index (χ3v) is 7.02. The molecule has 0 aromatic heterocycles. The van der Waals surface area contributed by atoms with Crippen LogP contribution in [0.15, 0.2) is 30.3 Å². The number of hydrogen-bond donors (Lipinski definition) is 2. The van der Waals surface area contributed by atoms with E-state index in [9.17, 15) is 8.42 Å². The highest BCUT2D eigenvalue weighted by Crippen LogP contribution is 2.25. The lowest BCUT2D eigenvalue weighted by Crippen LogP contribution is -2.40. The molecular formula is C19H31N3O2S. The molecular weight excluding hydrogens is 334 g/mol. The smallest absolute Gasteiger partial charge is 0.212 e. The molecule has 0 bridgehead atoms. The summed E-state index contributed by atoms with van der Waals surface area (Å²) in [7, 11) is -3.14. The van der Waals surface area contributed by atoms with Gasteiger partial charge in [-0.2, -0.15) is 0 Å². The molecule has 140 valence electrons. The zero-order valence-electron chi connectivity index (χ0n) is 15.2. The van der Waals surface area contributed by atoms with Crippen LogP contribution in [-0.2, 0) is 10.0 Å². The van der Waals surface area contributed by atoms with Gasteiger partial charge >= 0.3 is 0 Å². The number of sulfonamides is 1. The fourth-order valence-corrected chi connectivity index (χ4v) is 4.68. The minimum atomic E-state index is -3.14. The number of benzene rings is 1. The van der Waals surface area contributed by atoms with E-state index in [0.29, 0.717) is 31.1 Å². The molecule has 1 saturated carbocycles. The summed E-state index contributed by atoms with van der Waals surface area (Å²) in [5.41, 5.74) is 1.34. The molecule has 0 amide bonds. The summed E-state index contributed by atoms with van der Waals surface area (Å²) in [6, 6.07) is 11.3. The first-order valence-electron chi connectivity index (χ1n) is 9.53. The van der Waals surface area contributed by atoms with Crippen LogP contribution in [0.1, 0.15) is 44.2 Å². The van der Waals surface area contributed by atoms with Crippen molar-refractivity contribution in [3.8, 4) is 0 Å². The highest BCUT2D eigenvalue weighted by molar-refractivity contribution is 7.89. The van der Waals surface area contributed by atoms with Crippen LogP contribution in [0.5, 0.6) is 0 Å². The first kappa shape index (κ1) is 18.8. The van der Waals surface area contributed by atoms with Crippen molar-refractivity contribution in [1.29, 1.82) is 0 Å². The van der Waals surface area contributed by atoms with Crippen molar-refractivity contribution >= 4 is 10.0 Å². The summed E-state index contributed by atoms with van der Waals surface area (Å²) in [6.07, 6.45) is 4.65. The highest BCUT2D eigenvalue weighted by atomic mass is 32.2. The summed E-state index contributed by atoms with van der Waals surface area (Å²) < 4.78 is 26.8. The molecule has 1 aliphatic carbocycles. The Kier molecular flexibility index (Phi) is 6.49. The first-order chi connectivity index (χ1) is 12.0. The van der Waals surface area contributed by atoms with Gasteiger partial charge in [-0.05, 0) is 37.7 Å². The second-order valence-corrected chi connectivity index (χ2v) is 9.41. The maximum absolute atomic E-state index is 12.0. The third kappa shape index (κ3) is 5.51. The van der Waals surface area contributed by atoms with Crippen molar-refractivity contribution < 1.29 is 8.42 Å². The maximum atomic E-state index is 12.0. The van der Waals surface area contributed by atoms with Crippen molar-refractivity contribution in [1.82, 2.24) is 14.9 Å². The van der Waals surface area contributed by atoms with Crippen molar-refractivity contribution in [3.05, 3.63) is 35.9 Å². The van der Waals surface area contributed by atoms with Gasteiger partial charge in [-0.3, -0.25) is 4.90 Å². The topological polar surface area (TPSA) is 61.4 Å². The van der Waals surface area contributed by atoms with Crippen molar-refractivity contribution in [3.63, 3.8) is 0 Å². The standard InChI is InChI=1S/C19H31N3O2S/c1-16(18-8-3-2-4-9-18)22-12-10-19(15-22)20-11-13-25(23,24)21-14-17-6-5-7-17/h2-4,8-9,16-17,19-21H,5-7,10-15H2,1H3. The molecule has 2 N–H and O–H groups in total. The van der Waals surface area contributed by atoms with Crippen LogP contribution in [0.3, 0.4) is 0 Å². The fraction of sp³-hybridized carbons (Fsp3) is 0.684. The van der Waals surface area contributed by atoms with Crippen LogP contribution >= 0.6 is 0 Å². The molecule has 1 aliphatic heterocycles. The van der Waals surface area contributed by atoms with Crippen LogP contribution in [0.4, 0.5) is 0 Å². The Labute approximate surface area is 152 Å². The molecule has 3 rings (SSSR count). The van der Waals surface area contributed by atoms with E-state index in [1.165, 1.54) is 12.0 Å². The van der Waals surface area contributed by atoms with Crippen LogP contribution < -0.4 is 10.0 Å². The summed E-state index contributed by atoms with van der Waals surface area (Å²) in [5, 5.41) is 3.43. The molecule has 2 unspecified atom stereocenters. The van der Waals surface area contributed by atoms with E-state index >= 15 is 0 Å². The van der Waals surface area contributed by atoms with Gasteiger partial charge in [0.25, 0.3) is 0 Å². The Morgan fingerprint density at radius 2 is 1.96 bits per heavy atom. The van der Waals surface area contributed by atoms with Gasteiger partial charge in [0, 0.05) is 38.3 Å². The number of likely N-dealkylation sites (tertiary alicyclic amines) is 1. The van der Waals surface area contributed by atoms with Gasteiger partial charge < -0.3 is 5.32 Å². The molecule has 1 aromatic rings. The van der Waals surface area contributed by atoms with Crippen LogP contribution in [-0.4, -0.2) is 51.3 Å². The molecule has 2 atom stereocenters. The number of nitrogens with zero attached hydrogens (tertiary/aromatic N) is 1. The summed E-state index contributed by atoms with van der Waals surface area (Å²) >= 11 is 0.